The Bertz CT molecular complexity index is 463. The molecule has 0 aliphatic heterocycles. The van der Waals surface area contributed by atoms with Crippen LogP contribution in [0.5, 0.6) is 5.75 Å². The van der Waals surface area contributed by atoms with Gasteiger partial charge in [0.2, 0.25) is 0 Å². The van der Waals surface area contributed by atoms with Crippen molar-refractivity contribution in [2.75, 3.05) is 27.4 Å². The van der Waals surface area contributed by atoms with E-state index >= 15 is 0 Å². The van der Waals surface area contributed by atoms with Gasteiger partial charge in [0.05, 0.1) is 19.3 Å². The monoisotopic (exact) mass is 278 g/mol. The number of aliphatic hydroxyl groups is 1. The smallest absolute Gasteiger partial charge is 0.136 e. The molecule has 0 heterocycles. The van der Waals surface area contributed by atoms with Crippen molar-refractivity contribution in [3.8, 4) is 11.8 Å². The van der Waals surface area contributed by atoms with Gasteiger partial charge in [0, 0.05) is 25.8 Å². The Balaban J connectivity index is 2.76. The molecule has 110 valence electrons. The molecule has 0 bridgehead atoms. The van der Waals surface area contributed by atoms with E-state index < -0.39 is 0 Å². The molecule has 0 saturated heterocycles. The van der Waals surface area contributed by atoms with E-state index in [9.17, 15) is 0 Å². The predicted molar refractivity (Wildman–Crippen MR) is 76.5 cm³/mol. The summed E-state index contributed by atoms with van der Waals surface area (Å²) in [6, 6.07) is 7.62. The molecule has 0 fully saturated rings. The highest BCUT2D eigenvalue weighted by molar-refractivity contribution is 5.45. The molecule has 1 atom stereocenters. The van der Waals surface area contributed by atoms with Crippen LogP contribution in [0.25, 0.3) is 0 Å². The number of nitrogens with zero attached hydrogens (tertiary/aromatic N) is 1. The zero-order chi connectivity index (χ0) is 15.0. The Morgan fingerprint density at radius 1 is 1.40 bits per heavy atom. The average molecular weight is 278 g/mol. The van der Waals surface area contributed by atoms with Crippen molar-refractivity contribution >= 4 is 0 Å². The first-order valence-electron chi connectivity index (χ1n) is 6.50. The van der Waals surface area contributed by atoms with Crippen molar-refractivity contribution in [3.05, 3.63) is 29.3 Å². The third kappa shape index (κ3) is 4.49. The normalized spacial score (nSPS) is 13.6. The molecule has 0 spiro atoms. The maximum atomic E-state index is 9.12. The van der Waals surface area contributed by atoms with Gasteiger partial charge < -0.3 is 19.9 Å². The van der Waals surface area contributed by atoms with Crippen molar-refractivity contribution < 1.29 is 14.6 Å². The summed E-state index contributed by atoms with van der Waals surface area (Å²) in [5.74, 6) is 0.575. The lowest BCUT2D eigenvalue weighted by Crippen LogP contribution is -2.46. The summed E-state index contributed by atoms with van der Waals surface area (Å²) >= 11 is 0. The average Bonchev–Trinajstić information content (AvgIpc) is 2.45. The van der Waals surface area contributed by atoms with Gasteiger partial charge >= 0.3 is 0 Å². The Labute approximate surface area is 120 Å². The molecule has 0 aromatic heterocycles. The lowest BCUT2D eigenvalue weighted by Gasteiger charge is -2.29. The second-order valence-electron chi connectivity index (χ2n) is 4.97. The van der Waals surface area contributed by atoms with Gasteiger partial charge in [-0.25, -0.2) is 0 Å². The second kappa shape index (κ2) is 7.85. The number of nitrogens with one attached hydrogen (secondary N) is 1. The molecule has 20 heavy (non-hydrogen) atoms. The van der Waals surface area contributed by atoms with Crippen molar-refractivity contribution in [2.24, 2.45) is 0 Å². The van der Waals surface area contributed by atoms with Crippen molar-refractivity contribution in [3.63, 3.8) is 0 Å². The van der Waals surface area contributed by atoms with Crippen LogP contribution in [0.4, 0.5) is 0 Å². The Morgan fingerprint density at radius 3 is 2.70 bits per heavy atom. The van der Waals surface area contributed by atoms with Gasteiger partial charge in [-0.1, -0.05) is 6.07 Å². The molecule has 5 heteroatoms. The summed E-state index contributed by atoms with van der Waals surface area (Å²) in [6.45, 7) is 3.20. The summed E-state index contributed by atoms with van der Waals surface area (Å²) in [6.07, 6.45) is 0.599. The van der Waals surface area contributed by atoms with Crippen LogP contribution in [-0.2, 0) is 11.3 Å². The van der Waals surface area contributed by atoms with E-state index in [2.05, 4.69) is 11.4 Å². The standard InChI is InChI=1S/C15H22N2O3/c1-15(6-7-18,11-19-2)17-10-12-4-5-14(20-3)13(8-12)9-16/h4-5,8,17-18H,6-7,10-11H2,1-3H3. The highest BCUT2D eigenvalue weighted by Gasteiger charge is 2.22. The molecule has 1 rings (SSSR count). The summed E-state index contributed by atoms with van der Waals surface area (Å²) < 4.78 is 10.3. The van der Waals surface area contributed by atoms with Gasteiger partial charge in [-0.05, 0) is 31.0 Å². The lowest BCUT2D eigenvalue weighted by molar-refractivity contribution is 0.0969. The molecule has 0 aliphatic carbocycles. The summed E-state index contributed by atoms with van der Waals surface area (Å²) in [5.41, 5.74) is 1.21. The molecule has 1 aromatic rings. The van der Waals surface area contributed by atoms with E-state index in [1.165, 1.54) is 0 Å². The third-order valence-electron chi connectivity index (χ3n) is 3.23. The fourth-order valence-electron chi connectivity index (χ4n) is 2.04. The van der Waals surface area contributed by atoms with Crippen LogP contribution >= 0.6 is 0 Å². The Kier molecular flexibility index (Phi) is 6.46. The fourth-order valence-corrected chi connectivity index (χ4v) is 2.04. The van der Waals surface area contributed by atoms with E-state index in [0.29, 0.717) is 30.9 Å². The van der Waals surface area contributed by atoms with Crippen molar-refractivity contribution in [2.45, 2.75) is 25.4 Å². The van der Waals surface area contributed by atoms with Crippen LogP contribution in [0, 0.1) is 11.3 Å². The number of ether oxygens (including phenoxy) is 2. The highest BCUT2D eigenvalue weighted by Crippen LogP contribution is 2.19. The molecule has 1 unspecified atom stereocenters. The molecular weight excluding hydrogens is 256 g/mol. The minimum Gasteiger partial charge on any atom is -0.495 e. The quantitative estimate of drug-likeness (QED) is 0.752. The van der Waals surface area contributed by atoms with E-state index in [4.69, 9.17) is 19.8 Å². The second-order valence-corrected chi connectivity index (χ2v) is 4.97. The van der Waals surface area contributed by atoms with Crippen LogP contribution < -0.4 is 10.1 Å². The number of rotatable bonds is 8. The number of nitriles is 1. The first kappa shape index (κ1) is 16.4. The maximum absolute atomic E-state index is 9.12. The molecule has 0 aliphatic rings. The van der Waals surface area contributed by atoms with Crippen LogP contribution in [-0.4, -0.2) is 38.1 Å². The van der Waals surface area contributed by atoms with Gasteiger partial charge in [0.25, 0.3) is 0 Å². The SMILES string of the molecule is COCC(C)(CCO)NCc1ccc(OC)c(C#N)c1. The van der Waals surface area contributed by atoms with Crippen molar-refractivity contribution in [1.29, 1.82) is 5.26 Å². The van der Waals surface area contributed by atoms with Gasteiger partial charge in [-0.2, -0.15) is 5.26 Å². The minimum absolute atomic E-state index is 0.0961. The van der Waals surface area contributed by atoms with Gasteiger partial charge in [0.1, 0.15) is 11.8 Å². The van der Waals surface area contributed by atoms with Crippen LogP contribution in [0.1, 0.15) is 24.5 Å². The molecule has 0 amide bonds. The van der Waals surface area contributed by atoms with Crippen LogP contribution in [0.3, 0.4) is 0 Å². The van der Waals surface area contributed by atoms with Gasteiger partial charge in [-0.3, -0.25) is 0 Å². The zero-order valence-electron chi connectivity index (χ0n) is 12.3. The molecule has 5 nitrogen and oxygen atoms in total. The highest BCUT2D eigenvalue weighted by atomic mass is 16.5. The van der Waals surface area contributed by atoms with Gasteiger partial charge in [-0.15, -0.1) is 0 Å². The lowest BCUT2D eigenvalue weighted by atomic mass is 9.98. The predicted octanol–water partition coefficient (Wildman–Crippen LogP) is 1.44. The number of aliphatic hydroxyl groups excluding tert-OH is 1. The number of hydrogen-bond donors (Lipinski definition) is 2. The van der Waals surface area contributed by atoms with E-state index in [1.807, 2.05) is 13.0 Å². The summed E-state index contributed by atoms with van der Waals surface area (Å²) in [7, 11) is 3.18. The zero-order valence-corrected chi connectivity index (χ0v) is 12.3. The topological polar surface area (TPSA) is 74.5 Å². The van der Waals surface area contributed by atoms with E-state index in [1.54, 1.807) is 26.4 Å². The van der Waals surface area contributed by atoms with Crippen molar-refractivity contribution in [1.82, 2.24) is 5.32 Å². The molecule has 0 radical (unpaired) electrons. The minimum atomic E-state index is -0.295. The van der Waals surface area contributed by atoms with Crippen LogP contribution in [0.2, 0.25) is 0 Å². The number of methoxy groups -OCH3 is 2. The molecule has 1 aromatic carbocycles. The number of hydrogen-bond acceptors (Lipinski definition) is 5. The number of benzene rings is 1. The maximum Gasteiger partial charge on any atom is 0.136 e. The largest absolute Gasteiger partial charge is 0.495 e. The summed E-state index contributed by atoms with van der Waals surface area (Å²) in [4.78, 5) is 0. The third-order valence-corrected chi connectivity index (χ3v) is 3.23. The fraction of sp³-hybridized carbons (Fsp3) is 0.533. The summed E-state index contributed by atoms with van der Waals surface area (Å²) in [5, 5.41) is 21.6. The first-order chi connectivity index (χ1) is 9.58. The molecule has 0 saturated carbocycles. The van der Waals surface area contributed by atoms with E-state index in [-0.39, 0.29) is 12.1 Å². The Morgan fingerprint density at radius 2 is 2.15 bits per heavy atom. The molecular formula is C15H22N2O3. The van der Waals surface area contributed by atoms with Gasteiger partial charge in [0.15, 0.2) is 0 Å². The van der Waals surface area contributed by atoms with Crippen LogP contribution in [0.15, 0.2) is 18.2 Å². The first-order valence-corrected chi connectivity index (χ1v) is 6.50. The van der Waals surface area contributed by atoms with E-state index in [0.717, 1.165) is 5.56 Å². The Hall–Kier alpha value is -1.61. The molecule has 2 N–H and O–H groups in total.